The monoisotopic (exact) mass is 565 g/mol. The second-order valence-electron chi connectivity index (χ2n) is 8.80. The van der Waals surface area contributed by atoms with Crippen molar-refractivity contribution in [3.63, 3.8) is 0 Å². The number of halogens is 2. The molecule has 10 heteroatoms. The van der Waals surface area contributed by atoms with Gasteiger partial charge in [-0.25, -0.2) is 4.39 Å². The second-order valence-corrected chi connectivity index (χ2v) is 10.3. The summed E-state index contributed by atoms with van der Waals surface area (Å²) in [5.74, 6) is 6.54. The van der Waals surface area contributed by atoms with Gasteiger partial charge in [-0.05, 0) is 66.4 Å². The van der Waals surface area contributed by atoms with E-state index in [1.807, 2.05) is 31.0 Å². The summed E-state index contributed by atoms with van der Waals surface area (Å²) in [7, 11) is 3.46. The number of carbonyl (C=O) groups is 1. The molecule has 1 amide bonds. The summed E-state index contributed by atoms with van der Waals surface area (Å²) in [4.78, 5) is 16.0. The van der Waals surface area contributed by atoms with Gasteiger partial charge in [0.05, 0.1) is 0 Å². The number of hydrogen-bond acceptors (Lipinski definition) is 5. The number of amides is 1. The number of nitrogens with one attached hydrogen (secondary N) is 1. The van der Waals surface area contributed by atoms with E-state index >= 15 is 0 Å². The number of rotatable bonds is 4. The van der Waals surface area contributed by atoms with Crippen LogP contribution in [0.3, 0.4) is 0 Å². The molecule has 2 heterocycles. The maximum absolute atomic E-state index is 14.2. The molecule has 0 bridgehead atoms. The summed E-state index contributed by atoms with van der Waals surface area (Å²) in [5.41, 5.74) is 7.01. The molecule has 1 aromatic carbocycles. The second kappa shape index (κ2) is 13.7. The Kier molecular flexibility index (Phi) is 11.2. The molecule has 2 aliphatic carbocycles. The van der Waals surface area contributed by atoms with Gasteiger partial charge >= 0.3 is 51.4 Å². The summed E-state index contributed by atoms with van der Waals surface area (Å²) in [6, 6.07) is 4.25. The molecular formula is C27H30ClFKN5OS. The quantitative estimate of drug-likeness (QED) is 0.450. The Labute approximate surface area is 270 Å². The molecule has 6 nitrogen and oxygen atoms in total. The molecule has 2 saturated carbocycles. The van der Waals surface area contributed by atoms with Crippen LogP contribution in [0.1, 0.15) is 45.1 Å². The van der Waals surface area contributed by atoms with Gasteiger partial charge in [-0.3, -0.25) is 4.79 Å². The Morgan fingerprint density at radius 1 is 1.30 bits per heavy atom. The van der Waals surface area contributed by atoms with Crippen LogP contribution in [0.2, 0.25) is 5.02 Å². The molecule has 0 spiro atoms. The molecule has 0 radical (unpaired) electrons. The first kappa shape index (κ1) is 30.3. The van der Waals surface area contributed by atoms with E-state index < -0.39 is 5.82 Å². The van der Waals surface area contributed by atoms with Crippen LogP contribution >= 0.6 is 23.4 Å². The van der Waals surface area contributed by atoms with Crippen molar-refractivity contribution in [1.82, 2.24) is 15.2 Å². The largest absolute Gasteiger partial charge is 1.00 e. The van der Waals surface area contributed by atoms with Gasteiger partial charge < -0.3 is 25.6 Å². The number of carbonyl (C=O) groups excluding carboxylic acids is 1. The molecule has 5 rings (SSSR count). The number of nitrogens with zero attached hydrogens (tertiary/aromatic N) is 4. The molecular weight excluding hydrogens is 536 g/mol. The van der Waals surface area contributed by atoms with Crippen LogP contribution in [-0.2, 0) is 4.79 Å². The van der Waals surface area contributed by atoms with Crippen LogP contribution in [-0.4, -0.2) is 46.9 Å². The summed E-state index contributed by atoms with van der Waals surface area (Å²) in [6.07, 6.45) is 8.09. The molecule has 1 atom stereocenters. The van der Waals surface area contributed by atoms with Gasteiger partial charge in [-0.2, -0.15) is 0 Å². The average Bonchev–Trinajstić information content (AvgIpc) is 3.80. The normalized spacial score (nSPS) is 19.6. The molecule has 1 aromatic rings. The molecule has 4 aliphatic rings. The van der Waals surface area contributed by atoms with E-state index in [1.165, 1.54) is 48.4 Å². The standard InChI is InChI=1S/C25H24ClFN5OS.C2H6.K/c1-31(2)24(33)14-32-13-19(18-11-17(27)8-9-20(18)26)21(12-22(32)16-6-7-16)28-25-30-29-23(34-25)10-5-15-3-4-15;1-2;/h8-9,11-13,15,23,29H,3-4,6-7,14H2,1-2H3;1-2H3;/q-1;;+1. The van der Waals surface area contributed by atoms with E-state index in [4.69, 9.17) is 16.9 Å². The van der Waals surface area contributed by atoms with E-state index in [-0.39, 0.29) is 69.2 Å². The first-order valence-electron chi connectivity index (χ1n) is 12.2. The van der Waals surface area contributed by atoms with Crippen LogP contribution in [0, 0.1) is 23.6 Å². The van der Waals surface area contributed by atoms with Crippen molar-refractivity contribution in [2.24, 2.45) is 11.0 Å². The third-order valence-electron chi connectivity index (χ3n) is 5.74. The Morgan fingerprint density at radius 2 is 2.03 bits per heavy atom. The van der Waals surface area contributed by atoms with Gasteiger partial charge in [0.25, 0.3) is 0 Å². The number of allylic oxidation sites excluding steroid dienone is 3. The van der Waals surface area contributed by atoms with Crippen molar-refractivity contribution in [3.8, 4) is 11.8 Å². The Morgan fingerprint density at radius 3 is 2.68 bits per heavy atom. The number of likely N-dealkylation sites (N-methyl/N-ethyl adjacent to an activating group) is 1. The minimum absolute atomic E-state index is 0. The molecule has 1 unspecified atom stereocenters. The van der Waals surface area contributed by atoms with Gasteiger partial charge in [-0.1, -0.05) is 49.1 Å². The number of amidine groups is 1. The van der Waals surface area contributed by atoms with E-state index in [1.54, 1.807) is 19.0 Å². The fraction of sp³-hybridized carbons (Fsp3) is 0.407. The zero-order chi connectivity index (χ0) is 25.8. The Bertz CT molecular complexity index is 1220. The topological polar surface area (TPSA) is 62.0 Å². The van der Waals surface area contributed by atoms with Crippen molar-refractivity contribution in [3.05, 3.63) is 69.2 Å². The van der Waals surface area contributed by atoms with Crippen molar-refractivity contribution < 1.29 is 60.6 Å². The van der Waals surface area contributed by atoms with Gasteiger partial charge in [0.15, 0.2) is 0 Å². The van der Waals surface area contributed by atoms with Crippen LogP contribution in [0.4, 0.5) is 4.39 Å². The minimum Gasteiger partial charge on any atom is -0.429 e. The van der Waals surface area contributed by atoms with Gasteiger partial charge in [0.2, 0.25) is 5.91 Å². The number of hydrazone groups is 1. The average molecular weight is 566 g/mol. The third kappa shape index (κ3) is 8.12. The van der Waals surface area contributed by atoms with Crippen molar-refractivity contribution in [2.45, 2.75) is 44.9 Å². The number of benzene rings is 1. The van der Waals surface area contributed by atoms with E-state index in [9.17, 15) is 9.18 Å². The Balaban J connectivity index is 0.00000124. The van der Waals surface area contributed by atoms with Crippen LogP contribution in [0.25, 0.3) is 10.9 Å². The van der Waals surface area contributed by atoms with Crippen molar-refractivity contribution in [2.75, 3.05) is 20.6 Å². The van der Waals surface area contributed by atoms with Crippen LogP contribution < -0.4 is 56.8 Å². The molecule has 2 fully saturated rings. The molecule has 1 N–H and O–H groups in total. The van der Waals surface area contributed by atoms with Crippen molar-refractivity contribution >= 4 is 40.0 Å². The van der Waals surface area contributed by atoms with Crippen LogP contribution in [0.5, 0.6) is 0 Å². The van der Waals surface area contributed by atoms with Gasteiger partial charge in [0.1, 0.15) is 17.7 Å². The molecule has 0 saturated heterocycles. The molecule has 0 aromatic heterocycles. The van der Waals surface area contributed by atoms with Gasteiger partial charge in [-0.15, -0.1) is 0 Å². The summed E-state index contributed by atoms with van der Waals surface area (Å²) in [5, 5.41) is 9.98. The predicted molar refractivity (Wildman–Crippen MR) is 146 cm³/mol. The zero-order valence-electron chi connectivity index (χ0n) is 21.9. The zero-order valence-corrected chi connectivity index (χ0v) is 26.6. The fourth-order valence-electron chi connectivity index (χ4n) is 3.54. The summed E-state index contributed by atoms with van der Waals surface area (Å²) in [6.45, 7) is 4.17. The predicted octanol–water partition coefficient (Wildman–Crippen LogP) is 2.91. The van der Waals surface area contributed by atoms with E-state index in [0.29, 0.717) is 32.9 Å². The maximum atomic E-state index is 14.2. The molecule has 37 heavy (non-hydrogen) atoms. The molecule has 2 aliphatic heterocycles. The molecule has 190 valence electrons. The van der Waals surface area contributed by atoms with Crippen LogP contribution in [0.15, 0.2) is 52.5 Å². The first-order chi connectivity index (χ1) is 17.4. The Hall–Kier alpha value is -1.25. The first-order valence-corrected chi connectivity index (χ1v) is 13.4. The van der Waals surface area contributed by atoms with Crippen molar-refractivity contribution in [1.29, 1.82) is 0 Å². The summed E-state index contributed by atoms with van der Waals surface area (Å²) >= 11 is 7.93. The minimum atomic E-state index is -0.397. The maximum Gasteiger partial charge on any atom is 1.00 e. The third-order valence-corrected chi connectivity index (χ3v) is 6.92. The fourth-order valence-corrected chi connectivity index (χ4v) is 4.46. The summed E-state index contributed by atoms with van der Waals surface area (Å²) < 4.78 is 14.2. The van der Waals surface area contributed by atoms with E-state index in [0.717, 1.165) is 18.5 Å². The smallest absolute Gasteiger partial charge is 0.429 e. The number of thioether (sulfide) groups is 1. The number of hydrogen-bond donors (Lipinski definition) is 1. The van der Waals surface area contributed by atoms with E-state index in [2.05, 4.69) is 22.4 Å². The van der Waals surface area contributed by atoms with Gasteiger partial charge in [0, 0.05) is 48.1 Å². The SMILES string of the molecule is CC.CN(C)C(=O)CN1C=C(c2cc(F)ccc2Cl)C([N-]C2=NNC(C#CC3CC3)S2)=CC1=C1CC1.[K+].